The van der Waals surface area contributed by atoms with Crippen molar-refractivity contribution in [3.05, 3.63) is 70.5 Å². The molecule has 4 fully saturated rings. The summed E-state index contributed by atoms with van der Waals surface area (Å²) in [5.41, 5.74) is 1.15. The first-order valence-electron chi connectivity index (χ1n) is 14.0. The molecular weight excluding hydrogens is 581 g/mol. The van der Waals surface area contributed by atoms with E-state index in [0.717, 1.165) is 16.4 Å². The van der Waals surface area contributed by atoms with Crippen LogP contribution in [0.25, 0.3) is 0 Å². The molecule has 0 spiro atoms. The third-order valence-corrected chi connectivity index (χ3v) is 11.4. The monoisotopic (exact) mass is 611 g/mol. The second-order valence-electron chi connectivity index (χ2n) is 12.0. The summed E-state index contributed by atoms with van der Waals surface area (Å²) in [4.78, 5) is 28.5. The van der Waals surface area contributed by atoms with Gasteiger partial charge in [0.1, 0.15) is 11.4 Å². The van der Waals surface area contributed by atoms with Crippen LogP contribution in [0.1, 0.15) is 71.5 Å². The zero-order chi connectivity index (χ0) is 30.2. The van der Waals surface area contributed by atoms with Gasteiger partial charge in [-0.1, -0.05) is 18.2 Å². The molecule has 2 aliphatic heterocycles. The highest BCUT2D eigenvalue weighted by Gasteiger charge is 2.59. The van der Waals surface area contributed by atoms with Gasteiger partial charge in [-0.15, -0.1) is 0 Å². The molecule has 0 aromatic heterocycles. The molecule has 2 saturated carbocycles. The summed E-state index contributed by atoms with van der Waals surface area (Å²) in [6.45, 7) is -0.642. The number of likely N-dealkylation sites (tertiary alicyclic amines) is 1. The molecule has 226 valence electrons. The van der Waals surface area contributed by atoms with Crippen LogP contribution >= 0.6 is 0 Å². The van der Waals surface area contributed by atoms with Gasteiger partial charge in [-0.25, -0.2) is 17.2 Å². The molecule has 2 heterocycles. The minimum Gasteiger partial charge on any atom is -0.368 e. The zero-order valence-corrected chi connectivity index (χ0v) is 23.4. The van der Waals surface area contributed by atoms with Crippen LogP contribution in [0.5, 0.6) is 0 Å². The van der Waals surface area contributed by atoms with Crippen LogP contribution in [-0.2, 0) is 26.7 Å². The van der Waals surface area contributed by atoms with E-state index >= 15 is 8.78 Å². The Hall–Kier alpha value is -3.06. The molecule has 2 aliphatic carbocycles. The predicted molar refractivity (Wildman–Crippen MR) is 142 cm³/mol. The minimum absolute atomic E-state index is 0.0444. The molecule has 0 bridgehead atoms. The van der Waals surface area contributed by atoms with E-state index in [1.54, 1.807) is 0 Å². The van der Waals surface area contributed by atoms with Gasteiger partial charge in [0.15, 0.2) is 5.67 Å². The standard InChI is InChI=1S/C29H30F5N3O4S/c30-23-14-20(29(32,33)34)7-10-22(23)24(17-5-6-17)28(26(35)39)11-2-12-37(28)25(38)18-3-1-4-19(13-18)27(31)15-36(16-27)42(40,41)21-8-9-21/h1,3-4,7,10,13-14,17,21,24H,2,5-6,8-9,11-12,15-16H2,(H2,35,39)/t24-,28+/m1/s1. The SMILES string of the molecule is NC(=O)[C@@]1([C@@H](c2ccc(C(F)(F)F)cc2F)C2CC2)CCCN1C(=O)c1cccc(C2(F)CN(S(=O)(=O)C3CC3)C2)c1. The maximum atomic E-state index is 15.8. The molecular formula is C29H30F5N3O4S. The van der Waals surface area contributed by atoms with E-state index in [0.29, 0.717) is 38.2 Å². The number of primary amides is 1. The van der Waals surface area contributed by atoms with Crippen molar-refractivity contribution in [2.24, 2.45) is 11.7 Å². The van der Waals surface area contributed by atoms with Crippen molar-refractivity contribution in [2.75, 3.05) is 19.6 Å². The van der Waals surface area contributed by atoms with Crippen molar-refractivity contribution in [1.29, 1.82) is 0 Å². The Morgan fingerprint density at radius 3 is 2.29 bits per heavy atom. The lowest BCUT2D eigenvalue weighted by molar-refractivity contribution is -0.138. The first-order valence-corrected chi connectivity index (χ1v) is 15.5. The number of rotatable bonds is 8. The number of nitrogens with two attached hydrogens (primary N) is 1. The number of alkyl halides is 4. The van der Waals surface area contributed by atoms with Crippen molar-refractivity contribution in [2.45, 2.75) is 67.1 Å². The summed E-state index contributed by atoms with van der Waals surface area (Å²) in [6, 6.07) is 7.90. The third kappa shape index (κ3) is 4.68. The molecule has 4 aliphatic rings. The van der Waals surface area contributed by atoms with Gasteiger partial charge in [-0.2, -0.15) is 17.5 Å². The van der Waals surface area contributed by atoms with E-state index in [9.17, 15) is 31.2 Å². The lowest BCUT2D eigenvalue weighted by Crippen LogP contribution is -2.60. The number of nitrogens with zero attached hydrogens (tertiary/aromatic N) is 2. The van der Waals surface area contributed by atoms with E-state index in [-0.39, 0.29) is 48.7 Å². The van der Waals surface area contributed by atoms with Crippen LogP contribution < -0.4 is 5.73 Å². The van der Waals surface area contributed by atoms with Gasteiger partial charge in [0.25, 0.3) is 5.91 Å². The first kappa shape index (κ1) is 29.0. The van der Waals surface area contributed by atoms with Crippen LogP contribution in [0.15, 0.2) is 42.5 Å². The molecule has 0 unspecified atom stereocenters. The fourth-order valence-electron chi connectivity index (χ4n) is 6.68. The number of sulfonamides is 1. The van der Waals surface area contributed by atoms with Crippen molar-refractivity contribution in [3.63, 3.8) is 0 Å². The molecule has 2 N–H and O–H groups in total. The van der Waals surface area contributed by atoms with Crippen LogP contribution in [0.3, 0.4) is 0 Å². The zero-order valence-electron chi connectivity index (χ0n) is 22.5. The summed E-state index contributed by atoms with van der Waals surface area (Å²) in [5.74, 6) is -3.89. The van der Waals surface area contributed by atoms with Gasteiger partial charge in [0, 0.05) is 18.0 Å². The van der Waals surface area contributed by atoms with E-state index < -0.39 is 61.8 Å². The lowest BCUT2D eigenvalue weighted by atomic mass is 9.73. The molecule has 6 rings (SSSR count). The minimum atomic E-state index is -4.76. The fraction of sp³-hybridized carbons (Fsp3) is 0.517. The number of benzene rings is 2. The normalized spacial score (nSPS) is 25.2. The molecule has 42 heavy (non-hydrogen) atoms. The van der Waals surface area contributed by atoms with Gasteiger partial charge in [-0.05, 0) is 79.8 Å². The molecule has 0 radical (unpaired) electrons. The highest BCUT2D eigenvalue weighted by molar-refractivity contribution is 7.90. The van der Waals surface area contributed by atoms with Crippen molar-refractivity contribution in [3.8, 4) is 0 Å². The van der Waals surface area contributed by atoms with E-state index in [2.05, 4.69) is 0 Å². The number of amides is 2. The van der Waals surface area contributed by atoms with Gasteiger partial charge >= 0.3 is 6.18 Å². The molecule has 2 aromatic rings. The third-order valence-electron chi connectivity index (χ3n) is 9.15. The summed E-state index contributed by atoms with van der Waals surface area (Å²) in [7, 11) is -3.55. The Balaban J connectivity index is 1.32. The van der Waals surface area contributed by atoms with Crippen molar-refractivity contribution < 1.29 is 40.0 Å². The summed E-state index contributed by atoms with van der Waals surface area (Å²) in [6.07, 6.45) is -2.04. The van der Waals surface area contributed by atoms with E-state index in [1.165, 1.54) is 29.2 Å². The van der Waals surface area contributed by atoms with Gasteiger partial charge in [0.2, 0.25) is 15.9 Å². The van der Waals surface area contributed by atoms with Gasteiger partial charge < -0.3 is 10.6 Å². The molecule has 13 heteroatoms. The number of carbonyl (C=O) groups excluding carboxylic acids is 2. The van der Waals surface area contributed by atoms with Crippen LogP contribution in [-0.4, -0.2) is 59.9 Å². The van der Waals surface area contributed by atoms with E-state index in [4.69, 9.17) is 5.73 Å². The quantitative estimate of drug-likeness (QED) is 0.446. The van der Waals surface area contributed by atoms with Crippen LogP contribution in [0, 0.1) is 11.7 Å². The van der Waals surface area contributed by atoms with Crippen molar-refractivity contribution >= 4 is 21.8 Å². The fourth-order valence-corrected chi connectivity index (χ4v) is 8.60. The molecule has 2 atom stereocenters. The van der Waals surface area contributed by atoms with E-state index in [1.807, 2.05) is 0 Å². The molecule has 2 saturated heterocycles. The highest BCUT2D eigenvalue weighted by Crippen LogP contribution is 2.54. The Kier molecular flexibility index (Phi) is 6.73. The summed E-state index contributed by atoms with van der Waals surface area (Å²) in [5, 5.41) is -0.471. The number of halogens is 5. The predicted octanol–water partition coefficient (Wildman–Crippen LogP) is 4.47. The average Bonchev–Trinajstić information content (AvgIpc) is 3.84. The van der Waals surface area contributed by atoms with Crippen LogP contribution in [0.2, 0.25) is 0 Å². The molecule has 2 aromatic carbocycles. The average molecular weight is 612 g/mol. The summed E-state index contributed by atoms with van der Waals surface area (Å²) < 4.78 is 96.9. The Morgan fingerprint density at radius 2 is 1.71 bits per heavy atom. The summed E-state index contributed by atoms with van der Waals surface area (Å²) >= 11 is 0. The van der Waals surface area contributed by atoms with Gasteiger partial charge in [-0.3, -0.25) is 9.59 Å². The van der Waals surface area contributed by atoms with Gasteiger partial charge in [0.05, 0.1) is 23.9 Å². The maximum absolute atomic E-state index is 15.8. The first-order chi connectivity index (χ1) is 19.7. The topological polar surface area (TPSA) is 101 Å². The number of hydrogen-bond donors (Lipinski definition) is 1. The Morgan fingerprint density at radius 1 is 1.02 bits per heavy atom. The molecule has 7 nitrogen and oxygen atoms in total. The maximum Gasteiger partial charge on any atom is 0.416 e. The second-order valence-corrected chi connectivity index (χ2v) is 14.2. The molecule has 2 amide bonds. The number of carbonyl (C=O) groups is 2. The van der Waals surface area contributed by atoms with Crippen LogP contribution in [0.4, 0.5) is 22.0 Å². The largest absolute Gasteiger partial charge is 0.416 e. The second kappa shape index (κ2) is 9.73. The Labute approximate surface area is 239 Å². The number of hydrogen-bond acceptors (Lipinski definition) is 4. The highest BCUT2D eigenvalue weighted by atomic mass is 32.2. The van der Waals surface area contributed by atoms with Crippen molar-refractivity contribution in [1.82, 2.24) is 9.21 Å². The Bertz CT molecular complexity index is 1550. The smallest absolute Gasteiger partial charge is 0.368 e. The lowest BCUT2D eigenvalue weighted by Gasteiger charge is -2.44.